The van der Waals surface area contributed by atoms with Gasteiger partial charge in [0.1, 0.15) is 0 Å². The van der Waals surface area contributed by atoms with Crippen LogP contribution in [0.3, 0.4) is 0 Å². The number of diazo groups is 1. The van der Waals surface area contributed by atoms with Gasteiger partial charge in [-0.15, -0.1) is 0 Å². The van der Waals surface area contributed by atoms with Gasteiger partial charge >= 0.3 is 5.69 Å². The summed E-state index contributed by atoms with van der Waals surface area (Å²) in [7, 11) is -3.46. The average Bonchev–Trinajstić information content (AvgIpc) is 2.28. The Balaban J connectivity index is 3.05. The first-order valence-electron chi connectivity index (χ1n) is 4.75. The Hall–Kier alpha value is -2.13. The SMILES string of the molecule is CS(=O)(=O)c1cc([N+]#N)c(O)c2ccccc12. The van der Waals surface area contributed by atoms with E-state index in [1.807, 2.05) is 0 Å². The Morgan fingerprint density at radius 3 is 2.35 bits per heavy atom. The summed E-state index contributed by atoms with van der Waals surface area (Å²) < 4.78 is 23.2. The minimum atomic E-state index is -3.46. The molecule has 2 aromatic carbocycles. The van der Waals surface area contributed by atoms with E-state index in [1.54, 1.807) is 24.3 Å². The molecular weight excluding hydrogens is 240 g/mol. The number of benzene rings is 2. The van der Waals surface area contributed by atoms with Crippen LogP contribution >= 0.6 is 0 Å². The molecule has 86 valence electrons. The highest BCUT2D eigenvalue weighted by Gasteiger charge is 2.23. The van der Waals surface area contributed by atoms with Crippen LogP contribution in [0.2, 0.25) is 0 Å². The van der Waals surface area contributed by atoms with Crippen molar-refractivity contribution in [1.82, 2.24) is 0 Å². The number of fused-ring (bicyclic) bond motifs is 1. The van der Waals surface area contributed by atoms with E-state index >= 15 is 0 Å². The van der Waals surface area contributed by atoms with Crippen LogP contribution in [-0.2, 0) is 9.84 Å². The molecule has 0 saturated heterocycles. The molecule has 5 nitrogen and oxygen atoms in total. The molecule has 1 N–H and O–H groups in total. The predicted octanol–water partition coefficient (Wildman–Crippen LogP) is 2.43. The summed E-state index contributed by atoms with van der Waals surface area (Å²) in [5.41, 5.74) is -0.163. The van der Waals surface area contributed by atoms with Gasteiger partial charge in [-0.25, -0.2) is 8.42 Å². The largest absolute Gasteiger partial charge is 0.501 e. The molecule has 0 radical (unpaired) electrons. The van der Waals surface area contributed by atoms with E-state index in [-0.39, 0.29) is 16.3 Å². The molecule has 0 heterocycles. The average molecular weight is 249 g/mol. The van der Waals surface area contributed by atoms with E-state index < -0.39 is 9.84 Å². The van der Waals surface area contributed by atoms with Crippen molar-refractivity contribution in [2.24, 2.45) is 0 Å². The summed E-state index contributed by atoms with van der Waals surface area (Å²) in [4.78, 5) is 2.91. The van der Waals surface area contributed by atoms with E-state index in [2.05, 4.69) is 4.98 Å². The van der Waals surface area contributed by atoms with Crippen LogP contribution in [0.5, 0.6) is 5.75 Å². The van der Waals surface area contributed by atoms with E-state index in [1.165, 1.54) is 0 Å². The molecule has 0 fully saturated rings. The lowest BCUT2D eigenvalue weighted by molar-refractivity contribution is 0.484. The number of nitrogens with zero attached hydrogens (tertiary/aromatic N) is 2. The molecule has 0 aliphatic carbocycles. The second-order valence-electron chi connectivity index (χ2n) is 3.66. The van der Waals surface area contributed by atoms with Crippen LogP contribution < -0.4 is 0 Å². The van der Waals surface area contributed by atoms with Crippen LogP contribution in [0.15, 0.2) is 35.2 Å². The monoisotopic (exact) mass is 249 g/mol. The zero-order valence-electron chi connectivity index (χ0n) is 8.95. The molecule has 0 aromatic heterocycles. The summed E-state index contributed by atoms with van der Waals surface area (Å²) in [5.74, 6) is -0.240. The van der Waals surface area contributed by atoms with Gasteiger partial charge in [0.05, 0.1) is 11.0 Å². The topological polar surface area (TPSA) is 82.5 Å². The Kier molecular flexibility index (Phi) is 2.48. The molecule has 0 aliphatic heterocycles. The van der Waals surface area contributed by atoms with Gasteiger partial charge in [-0.2, -0.15) is 0 Å². The number of rotatable bonds is 1. The van der Waals surface area contributed by atoms with E-state index in [9.17, 15) is 13.5 Å². The van der Waals surface area contributed by atoms with Gasteiger partial charge in [-0.05, 0) is 0 Å². The zero-order chi connectivity index (χ0) is 12.6. The van der Waals surface area contributed by atoms with Crippen molar-refractivity contribution in [2.45, 2.75) is 4.90 Å². The summed E-state index contributed by atoms with van der Waals surface area (Å²) in [6, 6.07) is 7.63. The van der Waals surface area contributed by atoms with Crippen LogP contribution in [0, 0.1) is 5.39 Å². The highest BCUT2D eigenvalue weighted by atomic mass is 32.2. The van der Waals surface area contributed by atoms with Gasteiger partial charge in [0, 0.05) is 17.0 Å². The number of sulfone groups is 1. The van der Waals surface area contributed by atoms with Crippen molar-refractivity contribution in [3.8, 4) is 5.75 Å². The predicted molar refractivity (Wildman–Crippen MR) is 63.5 cm³/mol. The normalized spacial score (nSPS) is 11.3. The van der Waals surface area contributed by atoms with Crippen LogP contribution in [-0.4, -0.2) is 19.8 Å². The van der Waals surface area contributed by atoms with Crippen LogP contribution in [0.1, 0.15) is 0 Å². The second kappa shape index (κ2) is 3.71. The smallest absolute Gasteiger partial charge is 0.428 e. The van der Waals surface area contributed by atoms with Gasteiger partial charge < -0.3 is 5.11 Å². The van der Waals surface area contributed by atoms with Crippen molar-refractivity contribution in [1.29, 1.82) is 5.39 Å². The Labute approximate surface area is 97.9 Å². The van der Waals surface area contributed by atoms with Gasteiger partial charge in [-0.1, -0.05) is 24.3 Å². The second-order valence-corrected chi connectivity index (χ2v) is 5.64. The molecule has 2 rings (SSSR count). The molecule has 6 heteroatoms. The third-order valence-electron chi connectivity index (χ3n) is 2.47. The van der Waals surface area contributed by atoms with Crippen molar-refractivity contribution >= 4 is 26.3 Å². The maximum Gasteiger partial charge on any atom is 0.428 e. The minimum Gasteiger partial charge on any atom is -0.501 e. The third-order valence-corrected chi connectivity index (χ3v) is 3.60. The van der Waals surface area contributed by atoms with Crippen molar-refractivity contribution < 1.29 is 13.5 Å². The maximum absolute atomic E-state index is 11.6. The molecular formula is C11H9N2O3S+. The highest BCUT2D eigenvalue weighted by molar-refractivity contribution is 7.91. The lowest BCUT2D eigenvalue weighted by Crippen LogP contribution is -1.98. The Morgan fingerprint density at radius 2 is 1.82 bits per heavy atom. The minimum absolute atomic E-state index is 0.0266. The summed E-state index contributed by atoms with van der Waals surface area (Å²) >= 11 is 0. The number of hydrogen-bond donors (Lipinski definition) is 1. The fourth-order valence-corrected chi connectivity index (χ4v) is 2.60. The Bertz CT molecular complexity index is 745. The number of hydrogen-bond acceptors (Lipinski definition) is 4. The highest BCUT2D eigenvalue weighted by Crippen LogP contribution is 2.38. The molecule has 0 unspecified atom stereocenters. The van der Waals surface area contributed by atoms with Gasteiger partial charge in [0.15, 0.2) is 14.8 Å². The molecule has 0 spiro atoms. The van der Waals surface area contributed by atoms with Gasteiger partial charge in [-0.3, -0.25) is 0 Å². The summed E-state index contributed by atoms with van der Waals surface area (Å²) in [6.07, 6.45) is 1.06. The summed E-state index contributed by atoms with van der Waals surface area (Å²) in [5, 5.41) is 19.3. The first-order chi connectivity index (χ1) is 7.95. The lowest BCUT2D eigenvalue weighted by Gasteiger charge is -2.04. The van der Waals surface area contributed by atoms with E-state index in [4.69, 9.17) is 5.39 Å². The number of phenolic OH excluding ortho intramolecular Hbond substituents is 1. The molecule has 0 aliphatic rings. The first kappa shape index (κ1) is 11.4. The molecule has 17 heavy (non-hydrogen) atoms. The van der Waals surface area contributed by atoms with Crippen molar-refractivity contribution in [3.05, 3.63) is 35.3 Å². The fraction of sp³-hybridized carbons (Fsp3) is 0.0909. The molecule has 0 atom stereocenters. The Morgan fingerprint density at radius 1 is 1.24 bits per heavy atom. The van der Waals surface area contributed by atoms with Gasteiger partial charge in [0.25, 0.3) is 0 Å². The molecule has 2 aromatic rings. The summed E-state index contributed by atoms with van der Waals surface area (Å²) in [6.45, 7) is 0. The molecule has 0 amide bonds. The standard InChI is InChI=1S/C11H8N2O3S/c1-17(15,16)10-6-9(13-12)11(14)8-5-3-2-4-7(8)10/h2-6H,1H3/p+1. The maximum atomic E-state index is 11.6. The molecule has 0 bridgehead atoms. The van der Waals surface area contributed by atoms with Crippen molar-refractivity contribution in [2.75, 3.05) is 6.26 Å². The van der Waals surface area contributed by atoms with E-state index in [0.717, 1.165) is 12.3 Å². The number of phenols is 1. The molecule has 0 saturated carbocycles. The van der Waals surface area contributed by atoms with Crippen LogP contribution in [0.25, 0.3) is 15.7 Å². The van der Waals surface area contributed by atoms with Crippen LogP contribution in [0.4, 0.5) is 5.69 Å². The third kappa shape index (κ3) is 1.81. The first-order valence-corrected chi connectivity index (χ1v) is 6.64. The quantitative estimate of drug-likeness (QED) is 0.787. The van der Waals surface area contributed by atoms with Crippen molar-refractivity contribution in [3.63, 3.8) is 0 Å². The van der Waals surface area contributed by atoms with E-state index in [0.29, 0.717) is 10.8 Å². The fourth-order valence-electron chi connectivity index (χ4n) is 1.70. The lowest BCUT2D eigenvalue weighted by atomic mass is 10.1. The van der Waals surface area contributed by atoms with Gasteiger partial charge in [0.2, 0.25) is 11.1 Å². The zero-order valence-corrected chi connectivity index (χ0v) is 9.77. The number of aromatic hydroxyl groups is 1.